The molecule has 1 N–H and O–H groups in total. The van der Waals surface area contributed by atoms with E-state index in [1.165, 1.54) is 12.1 Å². The van der Waals surface area contributed by atoms with E-state index < -0.39 is 29.2 Å². The molecule has 0 aliphatic heterocycles. The monoisotopic (exact) mass is 422 g/mol. The minimum atomic E-state index is -4.80. The fraction of sp³-hybridized carbons (Fsp3) is 0.318. The van der Waals surface area contributed by atoms with Crippen molar-refractivity contribution >= 4 is 10.8 Å². The summed E-state index contributed by atoms with van der Waals surface area (Å²) in [5, 5.41) is 4.84. The predicted molar refractivity (Wildman–Crippen MR) is 102 cm³/mol. The highest BCUT2D eigenvalue weighted by molar-refractivity contribution is 5.84. The van der Waals surface area contributed by atoms with Crippen molar-refractivity contribution in [1.29, 1.82) is 0 Å². The maximum atomic E-state index is 14.4. The summed E-state index contributed by atoms with van der Waals surface area (Å²) in [6, 6.07) is 7.39. The van der Waals surface area contributed by atoms with Gasteiger partial charge in [-0.2, -0.15) is 13.2 Å². The summed E-state index contributed by atoms with van der Waals surface area (Å²) in [5.74, 6) is -1.75. The molecule has 1 aromatic heterocycles. The standard InChI is InChI=1S/C22H19F5N2O/c1-21(29-12-16-15-7-9-28-11-13(15)2-4-18(16)23)8-6-20(21)30-14-3-5-19(24)17(10-14)22(25,26)27/h2-5,7,9-11,20,29H,6,8,12H2,1H3/t20-,21-/m0/s1. The SMILES string of the molecule is C[C@]1(NCc2c(F)ccc3cnccc23)CC[C@@H]1Oc1ccc(F)c(C(F)(F)F)c1. The largest absolute Gasteiger partial charge is 0.489 e. The van der Waals surface area contributed by atoms with Crippen LogP contribution in [0, 0.1) is 11.6 Å². The van der Waals surface area contributed by atoms with Gasteiger partial charge in [0.25, 0.3) is 0 Å². The zero-order valence-corrected chi connectivity index (χ0v) is 16.1. The molecule has 0 bridgehead atoms. The first-order valence-corrected chi connectivity index (χ1v) is 9.47. The molecule has 1 aliphatic carbocycles. The number of aromatic nitrogens is 1. The van der Waals surface area contributed by atoms with Crippen molar-refractivity contribution in [2.75, 3.05) is 0 Å². The van der Waals surface area contributed by atoms with Crippen molar-refractivity contribution in [1.82, 2.24) is 10.3 Å². The predicted octanol–water partition coefficient (Wildman–Crippen LogP) is 5.62. The van der Waals surface area contributed by atoms with Crippen molar-refractivity contribution in [3.8, 4) is 5.75 Å². The molecular formula is C22H19F5N2O. The van der Waals surface area contributed by atoms with Crippen LogP contribution in [0.2, 0.25) is 0 Å². The van der Waals surface area contributed by atoms with Crippen molar-refractivity contribution in [2.45, 2.75) is 44.1 Å². The van der Waals surface area contributed by atoms with Crippen LogP contribution in [-0.2, 0) is 12.7 Å². The molecule has 0 amide bonds. The van der Waals surface area contributed by atoms with E-state index in [4.69, 9.17) is 4.74 Å². The zero-order valence-electron chi connectivity index (χ0n) is 16.1. The van der Waals surface area contributed by atoms with Gasteiger partial charge in [0.05, 0.1) is 11.1 Å². The van der Waals surface area contributed by atoms with Gasteiger partial charge in [-0.25, -0.2) is 8.78 Å². The maximum Gasteiger partial charge on any atom is 0.419 e. The lowest BCUT2D eigenvalue weighted by Gasteiger charge is -2.47. The number of fused-ring (bicyclic) bond motifs is 1. The highest BCUT2D eigenvalue weighted by atomic mass is 19.4. The number of pyridine rings is 1. The molecular weight excluding hydrogens is 403 g/mol. The van der Waals surface area contributed by atoms with Crippen molar-refractivity contribution < 1.29 is 26.7 Å². The molecule has 0 spiro atoms. The lowest BCUT2D eigenvalue weighted by Crippen LogP contribution is -2.61. The molecule has 30 heavy (non-hydrogen) atoms. The minimum Gasteiger partial charge on any atom is -0.489 e. The summed E-state index contributed by atoms with van der Waals surface area (Å²) < 4.78 is 72.5. The Labute approximate surface area is 169 Å². The van der Waals surface area contributed by atoms with E-state index in [9.17, 15) is 22.0 Å². The summed E-state index contributed by atoms with van der Waals surface area (Å²) in [6.45, 7) is 2.10. The second-order valence-electron chi connectivity index (χ2n) is 7.68. The number of hydrogen-bond donors (Lipinski definition) is 1. The summed E-state index contributed by atoms with van der Waals surface area (Å²) in [6.07, 6.45) is -0.658. The third-order valence-corrected chi connectivity index (χ3v) is 5.70. The van der Waals surface area contributed by atoms with E-state index in [1.54, 1.807) is 24.5 Å². The topological polar surface area (TPSA) is 34.2 Å². The number of nitrogens with zero attached hydrogens (tertiary/aromatic N) is 1. The lowest BCUT2D eigenvalue weighted by molar-refractivity contribution is -0.140. The number of halogens is 5. The molecule has 0 saturated heterocycles. The van der Waals surface area contributed by atoms with Crippen molar-refractivity contribution in [3.05, 3.63) is 71.6 Å². The third-order valence-electron chi connectivity index (χ3n) is 5.70. The smallest absolute Gasteiger partial charge is 0.419 e. The molecule has 1 saturated carbocycles. The Kier molecular flexibility index (Phi) is 5.13. The van der Waals surface area contributed by atoms with Crippen LogP contribution in [0.5, 0.6) is 5.75 Å². The summed E-state index contributed by atoms with van der Waals surface area (Å²) >= 11 is 0. The molecule has 1 fully saturated rings. The summed E-state index contributed by atoms with van der Waals surface area (Å²) in [7, 11) is 0. The molecule has 2 atom stereocenters. The van der Waals surface area contributed by atoms with Gasteiger partial charge in [-0.1, -0.05) is 0 Å². The molecule has 158 valence electrons. The summed E-state index contributed by atoms with van der Waals surface area (Å²) in [5.41, 5.74) is -1.43. The molecule has 1 heterocycles. The van der Waals surface area contributed by atoms with Crippen LogP contribution in [0.1, 0.15) is 30.9 Å². The lowest BCUT2D eigenvalue weighted by atomic mass is 9.75. The number of nitrogens with one attached hydrogen (secondary N) is 1. The molecule has 3 aromatic rings. The van der Waals surface area contributed by atoms with Crippen LogP contribution >= 0.6 is 0 Å². The van der Waals surface area contributed by atoms with E-state index in [0.29, 0.717) is 24.5 Å². The van der Waals surface area contributed by atoms with Crippen LogP contribution in [0.15, 0.2) is 48.8 Å². The van der Waals surface area contributed by atoms with Gasteiger partial charge in [-0.05, 0) is 61.5 Å². The second kappa shape index (κ2) is 7.50. The van der Waals surface area contributed by atoms with Crippen LogP contribution in [0.25, 0.3) is 10.8 Å². The second-order valence-corrected chi connectivity index (χ2v) is 7.68. The maximum absolute atomic E-state index is 14.4. The molecule has 8 heteroatoms. The number of rotatable bonds is 5. The van der Waals surface area contributed by atoms with E-state index in [-0.39, 0.29) is 18.1 Å². The molecule has 4 rings (SSSR count). The molecule has 0 radical (unpaired) electrons. The average molecular weight is 422 g/mol. The van der Waals surface area contributed by atoms with Crippen LogP contribution in [0.4, 0.5) is 22.0 Å². The fourth-order valence-electron chi connectivity index (χ4n) is 3.72. The Bertz CT molecular complexity index is 1080. The van der Waals surface area contributed by atoms with Gasteiger partial charge >= 0.3 is 6.18 Å². The number of alkyl halides is 3. The van der Waals surface area contributed by atoms with Crippen LogP contribution in [0.3, 0.4) is 0 Å². The minimum absolute atomic E-state index is 0.0520. The summed E-state index contributed by atoms with van der Waals surface area (Å²) in [4.78, 5) is 4.04. The molecule has 2 aromatic carbocycles. The van der Waals surface area contributed by atoms with Gasteiger partial charge in [0.2, 0.25) is 0 Å². The first kappa shape index (κ1) is 20.5. The zero-order chi connectivity index (χ0) is 21.5. The quantitative estimate of drug-likeness (QED) is 0.542. The van der Waals surface area contributed by atoms with E-state index >= 15 is 0 Å². The Morgan fingerprint density at radius 2 is 1.90 bits per heavy atom. The first-order chi connectivity index (χ1) is 14.2. The van der Waals surface area contributed by atoms with Gasteiger partial charge in [0, 0.05) is 29.9 Å². The average Bonchev–Trinajstić information content (AvgIpc) is 2.70. The first-order valence-electron chi connectivity index (χ1n) is 9.47. The van der Waals surface area contributed by atoms with Gasteiger partial charge in [-0.15, -0.1) is 0 Å². The van der Waals surface area contributed by atoms with Gasteiger partial charge in [0.1, 0.15) is 23.5 Å². The van der Waals surface area contributed by atoms with Gasteiger partial charge < -0.3 is 10.1 Å². The Hall–Kier alpha value is -2.74. The van der Waals surface area contributed by atoms with Gasteiger partial charge in [0.15, 0.2) is 0 Å². The molecule has 0 unspecified atom stereocenters. The fourth-order valence-corrected chi connectivity index (χ4v) is 3.72. The van der Waals surface area contributed by atoms with Crippen molar-refractivity contribution in [3.63, 3.8) is 0 Å². The third kappa shape index (κ3) is 3.84. The Morgan fingerprint density at radius 3 is 2.60 bits per heavy atom. The highest BCUT2D eigenvalue weighted by Gasteiger charge is 2.45. The van der Waals surface area contributed by atoms with Crippen molar-refractivity contribution in [2.24, 2.45) is 0 Å². The van der Waals surface area contributed by atoms with E-state index in [0.717, 1.165) is 16.8 Å². The van der Waals surface area contributed by atoms with Crippen LogP contribution in [-0.4, -0.2) is 16.6 Å². The van der Waals surface area contributed by atoms with E-state index in [1.807, 2.05) is 6.92 Å². The Balaban J connectivity index is 1.50. The Morgan fingerprint density at radius 1 is 1.13 bits per heavy atom. The van der Waals surface area contributed by atoms with Gasteiger partial charge in [-0.3, -0.25) is 4.98 Å². The number of benzene rings is 2. The molecule has 1 aliphatic rings. The van der Waals surface area contributed by atoms with E-state index in [2.05, 4.69) is 10.3 Å². The normalized spacial score (nSPS) is 21.5. The number of hydrogen-bond acceptors (Lipinski definition) is 3. The molecule has 3 nitrogen and oxygen atoms in total. The van der Waals surface area contributed by atoms with Crippen LogP contribution < -0.4 is 10.1 Å². The number of ether oxygens (including phenoxy) is 1. The highest BCUT2D eigenvalue weighted by Crippen LogP contribution is 2.38.